The molecule has 7 nitrogen and oxygen atoms in total. The van der Waals surface area contributed by atoms with Crippen LogP contribution in [-0.4, -0.2) is 27.6 Å². The number of nitrogens with one attached hydrogen (secondary N) is 1. The zero-order chi connectivity index (χ0) is 23.0. The Morgan fingerprint density at radius 3 is 2.66 bits per heavy atom. The maximum Gasteiger partial charge on any atom is 0.274 e. The van der Waals surface area contributed by atoms with Crippen LogP contribution in [0.2, 0.25) is 0 Å². The van der Waals surface area contributed by atoms with Crippen molar-refractivity contribution in [1.82, 2.24) is 14.3 Å². The minimum Gasteiger partial charge on any atom is -0.379 e. The molecule has 1 N–H and O–H groups in total. The highest BCUT2D eigenvalue weighted by atomic mass is 19.3. The quantitative estimate of drug-likeness (QED) is 0.644. The lowest BCUT2D eigenvalue weighted by Gasteiger charge is -2.25. The average molecular weight is 448 g/mol. The molecule has 3 heterocycles. The highest BCUT2D eigenvalue weighted by molar-refractivity contribution is 5.90. The molecule has 0 amide bonds. The maximum atomic E-state index is 14.6. The number of anilines is 1. The first-order valence-electron chi connectivity index (χ1n) is 10.3. The Hall–Kier alpha value is -3.14. The van der Waals surface area contributed by atoms with Crippen molar-refractivity contribution in [2.75, 3.05) is 18.5 Å². The number of aromatic nitrogens is 3. The molecule has 3 aromatic rings. The lowest BCUT2D eigenvalue weighted by atomic mass is 10.0. The van der Waals surface area contributed by atoms with Gasteiger partial charge in [-0.15, -0.1) is 0 Å². The summed E-state index contributed by atoms with van der Waals surface area (Å²) in [6.07, 6.45) is 0.193. The van der Waals surface area contributed by atoms with E-state index in [0.717, 1.165) is 23.6 Å². The topological polar surface area (TPSA) is 78.2 Å². The van der Waals surface area contributed by atoms with E-state index in [1.54, 1.807) is 13.1 Å². The number of rotatable bonds is 5. The van der Waals surface area contributed by atoms with Crippen LogP contribution in [0.3, 0.4) is 0 Å². The molecule has 0 spiro atoms. The number of aryl methyl sites for hydroxylation is 1. The van der Waals surface area contributed by atoms with E-state index >= 15 is 0 Å². The van der Waals surface area contributed by atoms with E-state index in [9.17, 15) is 22.8 Å². The fraction of sp³-hybridized carbons (Fsp3) is 0.409. The van der Waals surface area contributed by atoms with E-state index in [0.29, 0.717) is 18.6 Å². The third-order valence-electron chi connectivity index (χ3n) is 5.75. The van der Waals surface area contributed by atoms with Crippen LogP contribution in [0.1, 0.15) is 49.4 Å². The van der Waals surface area contributed by atoms with E-state index in [-0.39, 0.29) is 28.4 Å². The molecule has 32 heavy (non-hydrogen) atoms. The normalized spacial score (nSPS) is 17.6. The summed E-state index contributed by atoms with van der Waals surface area (Å²) in [4.78, 5) is 25.3. The van der Waals surface area contributed by atoms with Crippen LogP contribution in [0.15, 0.2) is 40.1 Å². The summed E-state index contributed by atoms with van der Waals surface area (Å²) in [5, 5.41) is 7.82. The van der Waals surface area contributed by atoms with Crippen molar-refractivity contribution in [3.8, 4) is 0 Å². The lowest BCUT2D eigenvalue weighted by Crippen LogP contribution is -2.31. The summed E-state index contributed by atoms with van der Waals surface area (Å²) in [6, 6.07) is 4.18. The van der Waals surface area contributed by atoms with Crippen LogP contribution in [0.4, 0.5) is 19.0 Å². The number of pyridine rings is 1. The van der Waals surface area contributed by atoms with Gasteiger partial charge in [-0.3, -0.25) is 9.59 Å². The van der Waals surface area contributed by atoms with E-state index in [2.05, 4.69) is 10.4 Å². The molecule has 10 heteroatoms. The largest absolute Gasteiger partial charge is 0.379 e. The molecular formula is C22H23F3N4O3. The van der Waals surface area contributed by atoms with E-state index in [1.807, 2.05) is 0 Å². The van der Waals surface area contributed by atoms with Gasteiger partial charge in [-0.2, -0.15) is 5.10 Å². The maximum absolute atomic E-state index is 14.6. The fourth-order valence-electron chi connectivity index (χ4n) is 4.03. The van der Waals surface area contributed by atoms with Crippen molar-refractivity contribution in [1.29, 1.82) is 0 Å². The zero-order valence-corrected chi connectivity index (χ0v) is 17.6. The van der Waals surface area contributed by atoms with Crippen LogP contribution in [0.5, 0.6) is 0 Å². The molecule has 1 saturated heterocycles. The SMILES string of the molecule is CC(Nc1nn(C)c(=O)c2cc(=O)n([C@H]3CCCOC3)cc12)c1cccc(C(F)F)c1F. The smallest absolute Gasteiger partial charge is 0.274 e. The van der Waals surface area contributed by atoms with Gasteiger partial charge in [0.15, 0.2) is 5.82 Å². The van der Waals surface area contributed by atoms with Gasteiger partial charge in [0.1, 0.15) is 5.82 Å². The molecule has 0 saturated carbocycles. The molecule has 1 aliphatic rings. The van der Waals surface area contributed by atoms with E-state index in [1.165, 1.54) is 29.8 Å². The molecule has 0 radical (unpaired) electrons. The first kappa shape index (κ1) is 22.1. The van der Waals surface area contributed by atoms with Crippen molar-refractivity contribution >= 4 is 16.6 Å². The molecule has 170 valence electrons. The number of benzene rings is 1. The van der Waals surface area contributed by atoms with Gasteiger partial charge in [-0.1, -0.05) is 18.2 Å². The number of hydrogen-bond acceptors (Lipinski definition) is 5. The summed E-state index contributed by atoms with van der Waals surface area (Å²) in [6.45, 7) is 2.63. The molecule has 1 aromatic carbocycles. The van der Waals surface area contributed by atoms with Crippen molar-refractivity contribution in [2.24, 2.45) is 7.05 Å². The summed E-state index contributed by atoms with van der Waals surface area (Å²) < 4.78 is 48.9. The molecule has 1 aliphatic heterocycles. The minimum absolute atomic E-state index is 0.0422. The fourth-order valence-corrected chi connectivity index (χ4v) is 4.03. The Morgan fingerprint density at radius 1 is 1.22 bits per heavy atom. The summed E-state index contributed by atoms with van der Waals surface area (Å²) in [5.41, 5.74) is -1.42. The van der Waals surface area contributed by atoms with Crippen molar-refractivity contribution in [3.05, 3.63) is 68.1 Å². The Bertz CT molecular complexity index is 1270. The van der Waals surface area contributed by atoms with Gasteiger partial charge in [-0.25, -0.2) is 17.9 Å². The molecule has 0 bridgehead atoms. The summed E-state index contributed by atoms with van der Waals surface area (Å²) in [7, 11) is 1.44. The number of halogens is 3. The highest BCUT2D eigenvalue weighted by Crippen LogP contribution is 2.30. The Morgan fingerprint density at radius 2 is 1.97 bits per heavy atom. The zero-order valence-electron chi connectivity index (χ0n) is 17.6. The highest BCUT2D eigenvalue weighted by Gasteiger charge is 2.22. The van der Waals surface area contributed by atoms with Crippen LogP contribution >= 0.6 is 0 Å². The minimum atomic E-state index is -2.94. The second-order valence-electron chi connectivity index (χ2n) is 7.91. The van der Waals surface area contributed by atoms with Gasteiger partial charge >= 0.3 is 0 Å². The third-order valence-corrected chi connectivity index (χ3v) is 5.75. The van der Waals surface area contributed by atoms with E-state index < -0.39 is 29.4 Å². The van der Waals surface area contributed by atoms with Crippen molar-refractivity contribution < 1.29 is 17.9 Å². The van der Waals surface area contributed by atoms with Crippen molar-refractivity contribution in [2.45, 2.75) is 38.3 Å². The standard InChI is InChI=1S/C22H23F3N4O3/c1-12(14-6-3-7-15(19(14)23)20(24)25)26-21-17-10-29(13-5-4-8-32-11-13)18(30)9-16(17)22(31)28(2)27-21/h3,6-7,9-10,12-13,20H,4-5,8,11H2,1-2H3,(H,26,27)/t12?,13-/m0/s1. The molecule has 0 aliphatic carbocycles. The number of hydrogen-bond donors (Lipinski definition) is 1. The van der Waals surface area contributed by atoms with Crippen LogP contribution in [0.25, 0.3) is 10.8 Å². The number of nitrogens with zero attached hydrogens (tertiary/aromatic N) is 3. The predicted molar refractivity (Wildman–Crippen MR) is 114 cm³/mol. The van der Waals surface area contributed by atoms with Crippen LogP contribution in [-0.2, 0) is 11.8 Å². The molecule has 1 fully saturated rings. The predicted octanol–water partition coefficient (Wildman–Crippen LogP) is 3.70. The molecule has 2 aromatic heterocycles. The summed E-state index contributed by atoms with van der Waals surface area (Å²) in [5.74, 6) is -0.755. The monoisotopic (exact) mass is 448 g/mol. The second-order valence-corrected chi connectivity index (χ2v) is 7.91. The molecule has 2 atom stereocenters. The average Bonchev–Trinajstić information content (AvgIpc) is 2.77. The Labute approximate surface area is 181 Å². The van der Waals surface area contributed by atoms with Crippen LogP contribution in [0, 0.1) is 5.82 Å². The molecule has 4 rings (SSSR count). The Kier molecular flexibility index (Phi) is 6.05. The van der Waals surface area contributed by atoms with Crippen LogP contribution < -0.4 is 16.4 Å². The van der Waals surface area contributed by atoms with Gasteiger partial charge in [0.2, 0.25) is 0 Å². The molecular weight excluding hydrogens is 425 g/mol. The first-order valence-corrected chi connectivity index (χ1v) is 10.3. The number of fused-ring (bicyclic) bond motifs is 1. The molecule has 1 unspecified atom stereocenters. The van der Waals surface area contributed by atoms with Gasteiger partial charge in [0.05, 0.1) is 29.6 Å². The third kappa shape index (κ3) is 4.02. The Balaban J connectivity index is 1.80. The van der Waals surface area contributed by atoms with Crippen molar-refractivity contribution in [3.63, 3.8) is 0 Å². The number of ether oxygens (including phenoxy) is 1. The number of alkyl halides is 2. The van der Waals surface area contributed by atoms with Gasteiger partial charge in [0.25, 0.3) is 17.5 Å². The second kappa shape index (κ2) is 8.78. The van der Waals surface area contributed by atoms with Gasteiger partial charge < -0.3 is 14.6 Å². The summed E-state index contributed by atoms with van der Waals surface area (Å²) >= 11 is 0. The van der Waals surface area contributed by atoms with Gasteiger partial charge in [-0.05, 0) is 19.8 Å². The van der Waals surface area contributed by atoms with Gasteiger partial charge in [0, 0.05) is 36.9 Å². The van der Waals surface area contributed by atoms with E-state index in [4.69, 9.17) is 4.74 Å². The first-order chi connectivity index (χ1) is 15.3. The lowest BCUT2D eigenvalue weighted by molar-refractivity contribution is 0.0581.